The highest BCUT2D eigenvalue weighted by atomic mass is 79.9. The van der Waals surface area contributed by atoms with Gasteiger partial charge in [-0.05, 0) is 44.2 Å². The third-order valence-electron chi connectivity index (χ3n) is 2.29. The second kappa shape index (κ2) is 4.84. The minimum atomic E-state index is -0.403. The lowest BCUT2D eigenvalue weighted by molar-refractivity contribution is 0.437. The van der Waals surface area contributed by atoms with Crippen LogP contribution in [-0.4, -0.2) is 4.98 Å². The van der Waals surface area contributed by atoms with Gasteiger partial charge >= 0.3 is 0 Å². The molecule has 1 heterocycles. The Hall–Kier alpha value is -1.42. The Bertz CT molecular complexity index is 508. The standard InChI is InChI=1S/C13H11BrFNO/c1-8-3-5-12(9(2)16-8)17-13-6-4-10(14)7-11(13)15/h3-7H,1-2H3. The molecule has 2 aromatic rings. The van der Waals surface area contributed by atoms with E-state index in [2.05, 4.69) is 20.9 Å². The van der Waals surface area contributed by atoms with Gasteiger partial charge in [0.2, 0.25) is 0 Å². The molecule has 17 heavy (non-hydrogen) atoms. The third kappa shape index (κ3) is 2.82. The van der Waals surface area contributed by atoms with Crippen molar-refractivity contribution in [1.82, 2.24) is 4.98 Å². The number of hydrogen-bond acceptors (Lipinski definition) is 2. The van der Waals surface area contributed by atoms with Gasteiger partial charge in [0, 0.05) is 10.2 Å². The van der Waals surface area contributed by atoms with Gasteiger partial charge in [-0.25, -0.2) is 4.39 Å². The molecule has 0 N–H and O–H groups in total. The molecule has 0 atom stereocenters. The summed E-state index contributed by atoms with van der Waals surface area (Å²) in [4.78, 5) is 4.26. The molecule has 0 fully saturated rings. The molecule has 0 saturated heterocycles. The minimum Gasteiger partial charge on any atom is -0.452 e. The van der Waals surface area contributed by atoms with E-state index in [4.69, 9.17) is 4.74 Å². The molecule has 0 spiro atoms. The number of rotatable bonds is 2. The van der Waals surface area contributed by atoms with Gasteiger partial charge in [-0.3, -0.25) is 4.98 Å². The lowest BCUT2D eigenvalue weighted by Crippen LogP contribution is -1.94. The first-order valence-corrected chi connectivity index (χ1v) is 5.93. The summed E-state index contributed by atoms with van der Waals surface area (Å²) in [5, 5.41) is 0. The van der Waals surface area contributed by atoms with Crippen LogP contribution in [0.4, 0.5) is 4.39 Å². The topological polar surface area (TPSA) is 22.1 Å². The van der Waals surface area contributed by atoms with E-state index in [1.165, 1.54) is 6.07 Å². The highest BCUT2D eigenvalue weighted by molar-refractivity contribution is 9.10. The fraction of sp³-hybridized carbons (Fsp3) is 0.154. The number of nitrogens with zero attached hydrogens (tertiary/aromatic N) is 1. The van der Waals surface area contributed by atoms with Crippen molar-refractivity contribution in [2.45, 2.75) is 13.8 Å². The molecule has 0 unspecified atom stereocenters. The minimum absolute atomic E-state index is 0.196. The number of halogens is 2. The first-order chi connectivity index (χ1) is 8.06. The number of benzene rings is 1. The van der Waals surface area contributed by atoms with Crippen molar-refractivity contribution in [3.63, 3.8) is 0 Å². The van der Waals surface area contributed by atoms with Crippen LogP contribution in [0.3, 0.4) is 0 Å². The Morgan fingerprint density at radius 1 is 1.12 bits per heavy atom. The Kier molecular flexibility index (Phi) is 3.43. The first kappa shape index (κ1) is 12.0. The highest BCUT2D eigenvalue weighted by Gasteiger charge is 2.07. The van der Waals surface area contributed by atoms with Crippen LogP contribution in [0.15, 0.2) is 34.8 Å². The molecule has 0 bridgehead atoms. The fourth-order valence-corrected chi connectivity index (χ4v) is 1.79. The van der Waals surface area contributed by atoms with E-state index >= 15 is 0 Å². The average molecular weight is 296 g/mol. The zero-order valence-electron chi connectivity index (χ0n) is 9.50. The maximum absolute atomic E-state index is 13.6. The smallest absolute Gasteiger partial charge is 0.166 e. The van der Waals surface area contributed by atoms with E-state index in [0.29, 0.717) is 10.2 Å². The summed E-state index contributed by atoms with van der Waals surface area (Å²) >= 11 is 3.20. The number of hydrogen-bond donors (Lipinski definition) is 0. The van der Waals surface area contributed by atoms with Gasteiger partial charge in [0.15, 0.2) is 11.6 Å². The molecule has 1 aromatic carbocycles. The van der Waals surface area contributed by atoms with Gasteiger partial charge in [-0.2, -0.15) is 0 Å². The van der Waals surface area contributed by atoms with Crippen molar-refractivity contribution in [1.29, 1.82) is 0 Å². The number of ether oxygens (including phenoxy) is 1. The summed E-state index contributed by atoms with van der Waals surface area (Å²) in [6.45, 7) is 3.73. The van der Waals surface area contributed by atoms with Crippen molar-refractivity contribution in [3.05, 3.63) is 52.0 Å². The predicted octanol–water partition coefficient (Wildman–Crippen LogP) is 4.39. The molecule has 0 amide bonds. The normalized spacial score (nSPS) is 10.4. The van der Waals surface area contributed by atoms with Gasteiger partial charge < -0.3 is 4.74 Å². The maximum Gasteiger partial charge on any atom is 0.166 e. The second-order valence-electron chi connectivity index (χ2n) is 3.71. The zero-order valence-corrected chi connectivity index (χ0v) is 11.1. The van der Waals surface area contributed by atoms with Crippen molar-refractivity contribution >= 4 is 15.9 Å². The second-order valence-corrected chi connectivity index (χ2v) is 4.63. The fourth-order valence-electron chi connectivity index (χ4n) is 1.46. The molecule has 88 valence electrons. The zero-order chi connectivity index (χ0) is 12.4. The van der Waals surface area contributed by atoms with Crippen molar-refractivity contribution < 1.29 is 9.13 Å². The largest absolute Gasteiger partial charge is 0.452 e. The van der Waals surface area contributed by atoms with Crippen LogP contribution < -0.4 is 4.74 Å². The maximum atomic E-state index is 13.6. The SMILES string of the molecule is Cc1ccc(Oc2ccc(Br)cc2F)c(C)n1. The quantitative estimate of drug-likeness (QED) is 0.820. The molecule has 0 radical (unpaired) electrons. The van der Waals surface area contributed by atoms with Crippen LogP contribution in [0.5, 0.6) is 11.5 Å². The Morgan fingerprint density at radius 2 is 1.82 bits per heavy atom. The molecule has 2 rings (SSSR count). The number of aromatic nitrogens is 1. The van der Waals surface area contributed by atoms with Gasteiger partial charge in [0.25, 0.3) is 0 Å². The Morgan fingerprint density at radius 3 is 2.47 bits per heavy atom. The van der Waals surface area contributed by atoms with Gasteiger partial charge in [-0.1, -0.05) is 15.9 Å². The van der Waals surface area contributed by atoms with Crippen molar-refractivity contribution in [2.24, 2.45) is 0 Å². The summed E-state index contributed by atoms with van der Waals surface area (Å²) in [6, 6.07) is 8.30. The third-order valence-corrected chi connectivity index (χ3v) is 2.78. The summed E-state index contributed by atoms with van der Waals surface area (Å²) < 4.78 is 19.7. The van der Waals surface area contributed by atoms with Gasteiger partial charge in [-0.15, -0.1) is 0 Å². The lowest BCUT2D eigenvalue weighted by Gasteiger charge is -2.09. The van der Waals surface area contributed by atoms with Crippen LogP contribution >= 0.6 is 15.9 Å². The van der Waals surface area contributed by atoms with E-state index in [9.17, 15) is 4.39 Å². The van der Waals surface area contributed by atoms with Gasteiger partial charge in [0.05, 0.1) is 5.69 Å². The summed E-state index contributed by atoms with van der Waals surface area (Å²) in [5.41, 5.74) is 1.65. The molecular weight excluding hydrogens is 285 g/mol. The predicted molar refractivity (Wildman–Crippen MR) is 67.9 cm³/mol. The first-order valence-electron chi connectivity index (χ1n) is 5.13. The number of aryl methyl sites for hydroxylation is 2. The van der Waals surface area contributed by atoms with Crippen LogP contribution in [0, 0.1) is 19.7 Å². The molecule has 0 aliphatic rings. The van der Waals surface area contributed by atoms with Crippen molar-refractivity contribution in [2.75, 3.05) is 0 Å². The monoisotopic (exact) mass is 295 g/mol. The molecule has 0 saturated carbocycles. The molecule has 0 aliphatic heterocycles. The van der Waals surface area contributed by atoms with E-state index in [1.807, 2.05) is 19.9 Å². The molecular formula is C13H11BrFNO. The summed E-state index contributed by atoms with van der Waals surface area (Å²) in [7, 11) is 0. The Balaban J connectivity index is 2.31. The van der Waals surface area contributed by atoms with Crippen LogP contribution in [-0.2, 0) is 0 Å². The molecule has 0 aliphatic carbocycles. The van der Waals surface area contributed by atoms with E-state index in [0.717, 1.165) is 11.4 Å². The molecule has 4 heteroatoms. The van der Waals surface area contributed by atoms with E-state index < -0.39 is 5.82 Å². The Labute approximate surface area is 108 Å². The van der Waals surface area contributed by atoms with Gasteiger partial charge in [0.1, 0.15) is 5.75 Å². The van der Waals surface area contributed by atoms with Crippen LogP contribution in [0.2, 0.25) is 0 Å². The van der Waals surface area contributed by atoms with E-state index in [1.54, 1.807) is 18.2 Å². The van der Waals surface area contributed by atoms with Crippen LogP contribution in [0.1, 0.15) is 11.4 Å². The lowest BCUT2D eigenvalue weighted by atomic mass is 10.3. The van der Waals surface area contributed by atoms with E-state index in [-0.39, 0.29) is 5.75 Å². The molecule has 2 nitrogen and oxygen atoms in total. The summed E-state index contributed by atoms with van der Waals surface area (Å²) in [5.74, 6) is 0.359. The molecule has 1 aromatic heterocycles. The van der Waals surface area contributed by atoms with Crippen LogP contribution in [0.25, 0.3) is 0 Å². The highest BCUT2D eigenvalue weighted by Crippen LogP contribution is 2.28. The summed E-state index contributed by atoms with van der Waals surface area (Å²) in [6.07, 6.45) is 0. The number of pyridine rings is 1. The average Bonchev–Trinajstić information content (AvgIpc) is 2.25. The van der Waals surface area contributed by atoms with Crippen molar-refractivity contribution in [3.8, 4) is 11.5 Å².